The Hall–Kier alpha value is -2.02. The number of para-hydroxylation sites is 2. The Labute approximate surface area is 117 Å². The Kier molecular flexibility index (Phi) is 3.99. The fourth-order valence-electron chi connectivity index (χ4n) is 1.39. The second-order valence-corrected chi connectivity index (χ2v) is 3.99. The molecule has 1 aromatic heterocycles. The fourth-order valence-corrected chi connectivity index (χ4v) is 1.57. The second-order valence-electron chi connectivity index (χ2n) is 3.60. The minimum absolute atomic E-state index is 0.220. The molecule has 0 atom stereocenters. The van der Waals surface area contributed by atoms with Crippen LogP contribution in [0.5, 0.6) is 17.4 Å². The zero-order valence-electron chi connectivity index (χ0n) is 10.1. The maximum Gasteiger partial charge on any atom is 0.451 e. The zero-order chi connectivity index (χ0) is 14.8. The van der Waals surface area contributed by atoms with E-state index in [-0.39, 0.29) is 16.8 Å². The molecular weight excluding hydrogens is 297 g/mol. The SMILES string of the molecule is COc1ccccc1Oc1cc(Cl)nc(C(F)(F)F)n1. The van der Waals surface area contributed by atoms with Gasteiger partial charge in [-0.2, -0.15) is 18.2 Å². The van der Waals surface area contributed by atoms with Gasteiger partial charge in [-0.3, -0.25) is 0 Å². The lowest BCUT2D eigenvalue weighted by Gasteiger charge is -2.11. The van der Waals surface area contributed by atoms with Crippen molar-refractivity contribution in [3.8, 4) is 17.4 Å². The molecule has 0 saturated heterocycles. The largest absolute Gasteiger partial charge is 0.493 e. The normalized spacial score (nSPS) is 11.2. The highest BCUT2D eigenvalue weighted by molar-refractivity contribution is 6.29. The van der Waals surface area contributed by atoms with E-state index in [9.17, 15) is 13.2 Å². The molecule has 1 aromatic carbocycles. The molecule has 2 rings (SSSR count). The molecule has 0 radical (unpaired) electrons. The van der Waals surface area contributed by atoms with Crippen LogP contribution in [-0.2, 0) is 6.18 Å². The molecule has 106 valence electrons. The number of halogens is 4. The van der Waals surface area contributed by atoms with Crippen molar-refractivity contribution in [3.05, 3.63) is 41.3 Å². The molecule has 0 amide bonds. The number of hydrogen-bond acceptors (Lipinski definition) is 4. The number of nitrogens with zero attached hydrogens (tertiary/aromatic N) is 2. The molecule has 4 nitrogen and oxygen atoms in total. The summed E-state index contributed by atoms with van der Waals surface area (Å²) in [6.45, 7) is 0. The van der Waals surface area contributed by atoms with E-state index in [0.717, 1.165) is 6.07 Å². The summed E-state index contributed by atoms with van der Waals surface area (Å²) in [7, 11) is 1.41. The van der Waals surface area contributed by atoms with E-state index in [4.69, 9.17) is 21.1 Å². The summed E-state index contributed by atoms with van der Waals surface area (Å²) in [6, 6.07) is 7.55. The van der Waals surface area contributed by atoms with Crippen molar-refractivity contribution in [2.24, 2.45) is 0 Å². The van der Waals surface area contributed by atoms with Crippen molar-refractivity contribution >= 4 is 11.6 Å². The molecule has 0 unspecified atom stereocenters. The molecule has 0 aliphatic rings. The van der Waals surface area contributed by atoms with Crippen molar-refractivity contribution in [1.82, 2.24) is 9.97 Å². The topological polar surface area (TPSA) is 44.2 Å². The third kappa shape index (κ3) is 3.30. The first-order chi connectivity index (χ1) is 9.40. The molecule has 1 heterocycles. The first-order valence-corrected chi connectivity index (χ1v) is 5.70. The summed E-state index contributed by atoms with van der Waals surface area (Å²) in [5.74, 6) is -1.11. The Bertz CT molecular complexity index is 620. The maximum atomic E-state index is 12.6. The van der Waals surface area contributed by atoms with Gasteiger partial charge in [0.1, 0.15) is 5.15 Å². The van der Waals surface area contributed by atoms with E-state index in [1.165, 1.54) is 13.2 Å². The average Bonchev–Trinajstić information content (AvgIpc) is 2.37. The van der Waals surface area contributed by atoms with Crippen LogP contribution < -0.4 is 9.47 Å². The molecular formula is C12H8ClF3N2O2. The van der Waals surface area contributed by atoms with Gasteiger partial charge in [0.25, 0.3) is 0 Å². The first kappa shape index (κ1) is 14.4. The molecule has 8 heteroatoms. The highest BCUT2D eigenvalue weighted by Crippen LogP contribution is 2.33. The van der Waals surface area contributed by atoms with Gasteiger partial charge in [0, 0.05) is 6.07 Å². The van der Waals surface area contributed by atoms with Crippen LogP contribution in [0, 0.1) is 0 Å². The zero-order valence-corrected chi connectivity index (χ0v) is 10.9. The highest BCUT2D eigenvalue weighted by Gasteiger charge is 2.35. The van der Waals surface area contributed by atoms with Crippen LogP contribution in [0.1, 0.15) is 5.82 Å². The summed E-state index contributed by atoms with van der Waals surface area (Å²) >= 11 is 5.53. The average molecular weight is 305 g/mol. The molecule has 0 fully saturated rings. The molecule has 2 aromatic rings. The van der Waals surface area contributed by atoms with Crippen molar-refractivity contribution in [3.63, 3.8) is 0 Å². The van der Waals surface area contributed by atoms with Crippen molar-refractivity contribution < 1.29 is 22.6 Å². The number of rotatable bonds is 3. The van der Waals surface area contributed by atoms with Gasteiger partial charge in [-0.05, 0) is 12.1 Å². The predicted octanol–water partition coefficient (Wildman–Crippen LogP) is 3.95. The van der Waals surface area contributed by atoms with E-state index in [2.05, 4.69) is 9.97 Å². The minimum Gasteiger partial charge on any atom is -0.493 e. The smallest absolute Gasteiger partial charge is 0.451 e. The molecule has 0 spiro atoms. The van der Waals surface area contributed by atoms with E-state index < -0.39 is 12.0 Å². The summed E-state index contributed by atoms with van der Waals surface area (Å²) in [6.07, 6.45) is -4.70. The lowest BCUT2D eigenvalue weighted by atomic mass is 10.3. The van der Waals surface area contributed by atoms with Crippen molar-refractivity contribution in [2.45, 2.75) is 6.18 Å². The van der Waals surface area contributed by atoms with Crippen LogP contribution in [0.2, 0.25) is 5.15 Å². The van der Waals surface area contributed by atoms with Crippen LogP contribution >= 0.6 is 11.6 Å². The van der Waals surface area contributed by atoms with Gasteiger partial charge in [-0.15, -0.1) is 0 Å². The van der Waals surface area contributed by atoms with Crippen molar-refractivity contribution in [1.29, 1.82) is 0 Å². The number of hydrogen-bond donors (Lipinski definition) is 0. The molecule has 0 aliphatic heterocycles. The Morgan fingerprint density at radius 3 is 2.35 bits per heavy atom. The monoisotopic (exact) mass is 304 g/mol. The molecule has 0 bridgehead atoms. The minimum atomic E-state index is -4.70. The van der Waals surface area contributed by atoms with E-state index in [1.807, 2.05) is 0 Å². The fraction of sp³-hybridized carbons (Fsp3) is 0.167. The Morgan fingerprint density at radius 2 is 1.75 bits per heavy atom. The number of methoxy groups -OCH3 is 1. The lowest BCUT2D eigenvalue weighted by Crippen LogP contribution is -2.11. The number of benzene rings is 1. The second kappa shape index (κ2) is 5.54. The van der Waals surface area contributed by atoms with Gasteiger partial charge in [0.15, 0.2) is 11.5 Å². The van der Waals surface area contributed by atoms with Crippen LogP contribution in [0.4, 0.5) is 13.2 Å². The van der Waals surface area contributed by atoms with Gasteiger partial charge >= 0.3 is 6.18 Å². The van der Waals surface area contributed by atoms with Crippen LogP contribution in [0.15, 0.2) is 30.3 Å². The van der Waals surface area contributed by atoms with Gasteiger partial charge in [0.05, 0.1) is 7.11 Å². The summed E-state index contributed by atoms with van der Waals surface area (Å²) < 4.78 is 48.0. The summed E-state index contributed by atoms with van der Waals surface area (Å²) in [5, 5.41) is -0.364. The molecule has 0 saturated carbocycles. The predicted molar refractivity (Wildman–Crippen MR) is 65.1 cm³/mol. The Morgan fingerprint density at radius 1 is 1.10 bits per heavy atom. The number of aromatic nitrogens is 2. The van der Waals surface area contributed by atoms with E-state index in [1.54, 1.807) is 18.2 Å². The van der Waals surface area contributed by atoms with Crippen LogP contribution in [-0.4, -0.2) is 17.1 Å². The van der Waals surface area contributed by atoms with Gasteiger partial charge in [-0.25, -0.2) is 4.98 Å². The van der Waals surface area contributed by atoms with Gasteiger partial charge < -0.3 is 9.47 Å². The van der Waals surface area contributed by atoms with E-state index in [0.29, 0.717) is 5.75 Å². The third-order valence-corrected chi connectivity index (χ3v) is 2.40. The van der Waals surface area contributed by atoms with Crippen LogP contribution in [0.3, 0.4) is 0 Å². The third-order valence-electron chi connectivity index (χ3n) is 2.21. The standard InChI is InChI=1S/C12H8ClF3N2O2/c1-19-7-4-2-3-5-8(7)20-10-6-9(13)17-11(18-10)12(14,15)16/h2-6H,1H3. The number of alkyl halides is 3. The van der Waals surface area contributed by atoms with Gasteiger partial charge in [-0.1, -0.05) is 23.7 Å². The summed E-state index contributed by atoms with van der Waals surface area (Å²) in [4.78, 5) is 6.38. The maximum absolute atomic E-state index is 12.6. The van der Waals surface area contributed by atoms with Crippen molar-refractivity contribution in [2.75, 3.05) is 7.11 Å². The first-order valence-electron chi connectivity index (χ1n) is 5.33. The molecule has 0 aliphatic carbocycles. The quantitative estimate of drug-likeness (QED) is 0.805. The Balaban J connectivity index is 2.36. The summed E-state index contributed by atoms with van der Waals surface area (Å²) in [5.41, 5.74) is 0. The molecule has 20 heavy (non-hydrogen) atoms. The molecule has 0 N–H and O–H groups in total. The lowest BCUT2D eigenvalue weighted by molar-refractivity contribution is -0.145. The highest BCUT2D eigenvalue weighted by atomic mass is 35.5. The van der Waals surface area contributed by atoms with Gasteiger partial charge in [0.2, 0.25) is 11.7 Å². The van der Waals surface area contributed by atoms with E-state index >= 15 is 0 Å². The van der Waals surface area contributed by atoms with Crippen LogP contribution in [0.25, 0.3) is 0 Å². The number of ether oxygens (including phenoxy) is 2.